The lowest BCUT2D eigenvalue weighted by atomic mass is 9.81. The lowest BCUT2D eigenvalue weighted by molar-refractivity contribution is -0.149. The van der Waals surface area contributed by atoms with Gasteiger partial charge in [-0.2, -0.15) is 18.3 Å². The molecule has 1 aliphatic carbocycles. The number of alkyl carbamates (subject to hydrolysis) is 1. The number of pyridine rings is 1. The first-order valence-corrected chi connectivity index (χ1v) is 12.9. The van der Waals surface area contributed by atoms with Gasteiger partial charge >= 0.3 is 18.3 Å². The van der Waals surface area contributed by atoms with Crippen LogP contribution in [0.4, 0.5) is 37.4 Å². The van der Waals surface area contributed by atoms with E-state index in [0.717, 1.165) is 10.6 Å². The Morgan fingerprint density at radius 1 is 1.24 bits per heavy atom. The number of carbonyl (C=O) groups excluding carboxylic acids is 3. The molecule has 1 saturated heterocycles. The van der Waals surface area contributed by atoms with Gasteiger partial charge in [0.1, 0.15) is 30.2 Å². The van der Waals surface area contributed by atoms with E-state index in [-0.39, 0.29) is 31.8 Å². The number of alkyl halides is 5. The summed E-state index contributed by atoms with van der Waals surface area (Å²) in [6.45, 7) is 0.888. The number of aryl methyl sites for hydroxylation is 2. The van der Waals surface area contributed by atoms with E-state index in [4.69, 9.17) is 4.74 Å². The summed E-state index contributed by atoms with van der Waals surface area (Å²) in [6, 6.07) is 0.458. The molecule has 0 aromatic carbocycles. The number of nitrogens with zero attached hydrogens (tertiary/aromatic N) is 4. The van der Waals surface area contributed by atoms with Crippen LogP contribution in [0.15, 0.2) is 24.4 Å². The fourth-order valence-corrected chi connectivity index (χ4v) is 4.78. The first-order valence-electron chi connectivity index (χ1n) is 12.9. The number of nitrogens with one attached hydrogen (secondary N) is 3. The number of rotatable bonds is 8. The van der Waals surface area contributed by atoms with Gasteiger partial charge in [0.05, 0.1) is 6.54 Å². The molecule has 2 aromatic heterocycles. The van der Waals surface area contributed by atoms with Crippen molar-refractivity contribution >= 4 is 23.8 Å². The van der Waals surface area contributed by atoms with Gasteiger partial charge < -0.3 is 25.6 Å². The Morgan fingerprint density at radius 3 is 2.56 bits per heavy atom. The van der Waals surface area contributed by atoms with Crippen molar-refractivity contribution in [2.24, 2.45) is 13.0 Å². The molecular weight excluding hydrogens is 557 g/mol. The van der Waals surface area contributed by atoms with Gasteiger partial charge in [0, 0.05) is 38.3 Å². The van der Waals surface area contributed by atoms with E-state index >= 15 is 0 Å². The highest BCUT2D eigenvalue weighted by molar-refractivity contribution is 5.96. The molecular formula is C25H30F5N7O4. The maximum absolute atomic E-state index is 13.8. The van der Waals surface area contributed by atoms with Crippen molar-refractivity contribution in [3.8, 4) is 0 Å². The van der Waals surface area contributed by atoms with Crippen LogP contribution in [0.25, 0.3) is 0 Å². The molecule has 2 fully saturated rings. The lowest BCUT2D eigenvalue weighted by Crippen LogP contribution is -2.50. The Balaban J connectivity index is 1.42. The van der Waals surface area contributed by atoms with Crippen LogP contribution in [0.3, 0.4) is 0 Å². The zero-order chi connectivity index (χ0) is 29.9. The third-order valence-electron chi connectivity index (χ3n) is 7.14. The van der Waals surface area contributed by atoms with Crippen LogP contribution in [0.2, 0.25) is 0 Å². The van der Waals surface area contributed by atoms with E-state index in [0.29, 0.717) is 11.3 Å². The molecule has 0 spiro atoms. The summed E-state index contributed by atoms with van der Waals surface area (Å²) < 4.78 is 73.3. The predicted octanol–water partition coefficient (Wildman–Crippen LogP) is 3.64. The second-order valence-electron chi connectivity index (χ2n) is 10.3. The highest BCUT2D eigenvalue weighted by Gasteiger charge is 2.47. The maximum atomic E-state index is 13.8. The summed E-state index contributed by atoms with van der Waals surface area (Å²) in [4.78, 5) is 42.9. The quantitative estimate of drug-likeness (QED) is 0.405. The van der Waals surface area contributed by atoms with E-state index in [1.807, 2.05) is 12.2 Å². The minimum atomic E-state index is -4.59. The fraction of sp³-hybridized carbons (Fsp3) is 0.560. The molecule has 3 N–H and O–H groups in total. The summed E-state index contributed by atoms with van der Waals surface area (Å²) >= 11 is 0. The number of hydrogen-bond donors (Lipinski definition) is 3. The Bertz CT molecular complexity index is 1260. The van der Waals surface area contributed by atoms with E-state index in [9.17, 15) is 36.3 Å². The van der Waals surface area contributed by atoms with Crippen LogP contribution >= 0.6 is 0 Å². The van der Waals surface area contributed by atoms with Gasteiger partial charge in [-0.1, -0.05) is 0 Å². The molecule has 2 atom stereocenters. The maximum Gasteiger partial charge on any atom is 0.410 e. The molecule has 1 saturated carbocycles. The van der Waals surface area contributed by atoms with E-state index < -0.39 is 67.5 Å². The van der Waals surface area contributed by atoms with Crippen LogP contribution in [0.5, 0.6) is 0 Å². The third kappa shape index (κ3) is 7.82. The summed E-state index contributed by atoms with van der Waals surface area (Å²) in [5, 5.41) is 11.1. The molecule has 41 heavy (non-hydrogen) atoms. The van der Waals surface area contributed by atoms with Crippen molar-refractivity contribution in [1.29, 1.82) is 0 Å². The molecule has 16 heteroatoms. The SMILES string of the molecule is Cc1cc(COC(=O)N[C@H](C(=O)Nc2cc(CN3C[C@@H](C(F)(F)F)NC3=O)ccn2)C2CCC(F)(F)CC2)nn1C. The number of ether oxygens (including phenoxy) is 1. The Morgan fingerprint density at radius 2 is 1.95 bits per heavy atom. The summed E-state index contributed by atoms with van der Waals surface area (Å²) in [6.07, 6.45) is -5.18. The van der Waals surface area contributed by atoms with Crippen LogP contribution in [-0.2, 0) is 29.7 Å². The van der Waals surface area contributed by atoms with Gasteiger partial charge in [-0.05, 0) is 49.4 Å². The van der Waals surface area contributed by atoms with E-state index in [1.165, 1.54) is 18.3 Å². The van der Waals surface area contributed by atoms with Gasteiger partial charge in [0.25, 0.3) is 0 Å². The normalized spacial score (nSPS) is 19.9. The van der Waals surface area contributed by atoms with Crippen molar-refractivity contribution in [2.75, 3.05) is 11.9 Å². The summed E-state index contributed by atoms with van der Waals surface area (Å²) in [5.74, 6) is -4.20. The number of carbonyl (C=O) groups is 3. The zero-order valence-corrected chi connectivity index (χ0v) is 22.3. The molecule has 0 unspecified atom stereocenters. The van der Waals surface area contributed by atoms with Gasteiger partial charge in [-0.15, -0.1) is 0 Å². The number of urea groups is 1. The minimum absolute atomic E-state index is 0.00439. The monoisotopic (exact) mass is 587 g/mol. The number of hydrogen-bond acceptors (Lipinski definition) is 6. The Labute approximate surface area is 231 Å². The number of aromatic nitrogens is 3. The van der Waals surface area contributed by atoms with Crippen molar-refractivity contribution in [3.05, 3.63) is 41.3 Å². The largest absolute Gasteiger partial charge is 0.443 e. The minimum Gasteiger partial charge on any atom is -0.443 e. The van der Waals surface area contributed by atoms with Gasteiger partial charge in [-0.3, -0.25) is 9.48 Å². The number of amides is 4. The number of halogens is 5. The molecule has 11 nitrogen and oxygen atoms in total. The molecule has 3 heterocycles. The molecule has 4 amide bonds. The standard InChI is InChI=1S/C25H30F5N7O4/c1-14-9-17(35-36(14)2)13-41-23(40)34-20(16-3-6-24(26,27)7-4-16)21(38)33-19-10-15(5-8-31-19)11-37-12-18(25(28,29)30)32-22(37)39/h5,8-10,16,18,20H,3-4,6-7,11-13H2,1-2H3,(H,32,39)(H,34,40)(H,31,33,38)/t18-,20-/m0/s1. The molecule has 0 radical (unpaired) electrons. The van der Waals surface area contributed by atoms with E-state index in [2.05, 4.69) is 20.7 Å². The highest BCUT2D eigenvalue weighted by Crippen LogP contribution is 2.37. The average molecular weight is 588 g/mol. The average Bonchev–Trinajstić information content (AvgIpc) is 3.42. The van der Waals surface area contributed by atoms with Crippen molar-refractivity contribution in [2.45, 2.75) is 69.9 Å². The smallest absolute Gasteiger partial charge is 0.410 e. The Kier molecular flexibility index (Phi) is 8.68. The fourth-order valence-electron chi connectivity index (χ4n) is 4.78. The van der Waals surface area contributed by atoms with Gasteiger partial charge in [0.15, 0.2) is 0 Å². The topological polar surface area (TPSA) is 130 Å². The highest BCUT2D eigenvalue weighted by atomic mass is 19.4. The lowest BCUT2D eigenvalue weighted by Gasteiger charge is -2.33. The zero-order valence-electron chi connectivity index (χ0n) is 22.3. The van der Waals surface area contributed by atoms with E-state index in [1.54, 1.807) is 17.8 Å². The van der Waals surface area contributed by atoms with Crippen LogP contribution in [-0.4, -0.2) is 68.4 Å². The molecule has 2 aromatic rings. The molecule has 4 rings (SSSR count). The van der Waals surface area contributed by atoms with Crippen molar-refractivity contribution in [1.82, 2.24) is 30.3 Å². The summed E-state index contributed by atoms with van der Waals surface area (Å²) in [7, 11) is 1.72. The molecule has 224 valence electrons. The van der Waals surface area contributed by atoms with Crippen LogP contribution < -0.4 is 16.0 Å². The van der Waals surface area contributed by atoms with Crippen molar-refractivity contribution in [3.63, 3.8) is 0 Å². The van der Waals surface area contributed by atoms with Gasteiger partial charge in [0.2, 0.25) is 11.8 Å². The first-order chi connectivity index (χ1) is 19.2. The molecule has 0 bridgehead atoms. The first kappa shape index (κ1) is 30.0. The van der Waals surface area contributed by atoms with Crippen LogP contribution in [0.1, 0.15) is 42.6 Å². The molecule has 2 aliphatic rings. The Hall–Kier alpha value is -3.98. The van der Waals surface area contributed by atoms with Gasteiger partial charge in [-0.25, -0.2) is 23.4 Å². The third-order valence-corrected chi connectivity index (χ3v) is 7.14. The van der Waals surface area contributed by atoms with Crippen LogP contribution in [0, 0.1) is 12.8 Å². The second kappa shape index (κ2) is 11.9. The number of anilines is 1. The second-order valence-corrected chi connectivity index (χ2v) is 10.3. The predicted molar refractivity (Wildman–Crippen MR) is 134 cm³/mol. The molecule has 1 aliphatic heterocycles. The summed E-state index contributed by atoms with van der Waals surface area (Å²) in [5.41, 5.74) is 1.71. The van der Waals surface area contributed by atoms with Crippen molar-refractivity contribution < 1.29 is 41.1 Å².